The van der Waals surface area contributed by atoms with Crippen molar-refractivity contribution < 1.29 is 28.6 Å². The highest BCUT2D eigenvalue weighted by Gasteiger charge is 2.24. The Morgan fingerprint density at radius 2 is 1.67 bits per heavy atom. The molecule has 7 heteroatoms. The van der Waals surface area contributed by atoms with Crippen molar-refractivity contribution in [2.24, 2.45) is 5.16 Å². The Hall–Kier alpha value is -3.22. The van der Waals surface area contributed by atoms with E-state index in [0.717, 1.165) is 5.56 Å². The van der Waals surface area contributed by atoms with Gasteiger partial charge < -0.3 is 23.8 Å². The van der Waals surface area contributed by atoms with Crippen LogP contribution in [0.15, 0.2) is 41.6 Å². The molecule has 0 radical (unpaired) electrons. The van der Waals surface area contributed by atoms with Crippen LogP contribution in [0.5, 0.6) is 23.0 Å². The van der Waals surface area contributed by atoms with Gasteiger partial charge in [0, 0.05) is 24.1 Å². The molecule has 0 N–H and O–H groups in total. The Kier molecular flexibility index (Phi) is 5.49. The van der Waals surface area contributed by atoms with E-state index in [1.54, 1.807) is 31.4 Å². The number of methoxy groups -OCH3 is 3. The highest BCUT2D eigenvalue weighted by molar-refractivity contribution is 6.04. The third-order valence-corrected chi connectivity index (χ3v) is 4.13. The number of nitrogens with zero attached hydrogens (tertiary/aromatic N) is 1. The number of oxime groups is 1. The fourth-order valence-corrected chi connectivity index (χ4v) is 2.77. The maximum absolute atomic E-state index is 12.4. The summed E-state index contributed by atoms with van der Waals surface area (Å²) >= 11 is 0. The lowest BCUT2D eigenvalue weighted by Gasteiger charge is -2.24. The van der Waals surface area contributed by atoms with Crippen LogP contribution < -0.4 is 18.9 Å². The van der Waals surface area contributed by atoms with E-state index in [4.69, 9.17) is 23.8 Å². The first-order valence-corrected chi connectivity index (χ1v) is 8.40. The second-order valence-electron chi connectivity index (χ2n) is 6.01. The molecule has 0 spiro atoms. The van der Waals surface area contributed by atoms with Gasteiger partial charge in [-0.15, -0.1) is 0 Å². The summed E-state index contributed by atoms with van der Waals surface area (Å²) in [7, 11) is 4.62. The second-order valence-corrected chi connectivity index (χ2v) is 6.01. The van der Waals surface area contributed by atoms with Gasteiger partial charge in [0.05, 0.1) is 32.6 Å². The van der Waals surface area contributed by atoms with E-state index >= 15 is 0 Å². The van der Waals surface area contributed by atoms with Gasteiger partial charge in [-0.05, 0) is 31.2 Å². The Labute approximate surface area is 157 Å². The van der Waals surface area contributed by atoms with Crippen LogP contribution in [0.25, 0.3) is 0 Å². The molecule has 2 aromatic rings. The molecule has 0 unspecified atom stereocenters. The lowest BCUT2D eigenvalue weighted by molar-refractivity contribution is 0.0512. The van der Waals surface area contributed by atoms with E-state index in [2.05, 4.69) is 5.16 Å². The van der Waals surface area contributed by atoms with Gasteiger partial charge in [-0.3, -0.25) is 0 Å². The van der Waals surface area contributed by atoms with Crippen LogP contribution in [-0.2, 0) is 4.84 Å². The van der Waals surface area contributed by atoms with Gasteiger partial charge >= 0.3 is 5.97 Å². The zero-order valence-corrected chi connectivity index (χ0v) is 15.6. The van der Waals surface area contributed by atoms with Crippen LogP contribution in [-0.4, -0.2) is 39.1 Å². The minimum atomic E-state index is -0.603. The molecule has 1 atom stereocenters. The zero-order valence-electron chi connectivity index (χ0n) is 15.6. The van der Waals surface area contributed by atoms with E-state index in [1.165, 1.54) is 14.2 Å². The number of carbonyl (C=O) groups excluding carboxylic acids is 1. The minimum absolute atomic E-state index is 0.0982. The molecule has 0 amide bonds. The van der Waals surface area contributed by atoms with E-state index in [1.807, 2.05) is 19.1 Å². The maximum atomic E-state index is 12.4. The van der Waals surface area contributed by atoms with Crippen molar-refractivity contribution in [3.8, 4) is 23.0 Å². The molecule has 2 aromatic carbocycles. The Morgan fingerprint density at radius 1 is 1.00 bits per heavy atom. The number of rotatable bonds is 5. The largest absolute Gasteiger partial charge is 0.497 e. The molecule has 0 aliphatic carbocycles. The van der Waals surface area contributed by atoms with Crippen molar-refractivity contribution in [1.82, 2.24) is 0 Å². The topological polar surface area (TPSA) is 75.6 Å². The second kappa shape index (κ2) is 7.99. The first-order valence-electron chi connectivity index (χ1n) is 8.40. The van der Waals surface area contributed by atoms with Crippen molar-refractivity contribution in [1.29, 1.82) is 0 Å². The lowest BCUT2D eigenvalue weighted by atomic mass is 10.0. The Balaban J connectivity index is 1.85. The minimum Gasteiger partial charge on any atom is -0.497 e. The van der Waals surface area contributed by atoms with E-state index in [0.29, 0.717) is 35.1 Å². The lowest BCUT2D eigenvalue weighted by Crippen LogP contribution is -2.25. The van der Waals surface area contributed by atoms with Crippen molar-refractivity contribution in [3.63, 3.8) is 0 Å². The predicted molar refractivity (Wildman–Crippen MR) is 99.2 cm³/mol. The maximum Gasteiger partial charge on any atom is 0.366 e. The van der Waals surface area contributed by atoms with Gasteiger partial charge in [-0.1, -0.05) is 5.16 Å². The van der Waals surface area contributed by atoms with Crippen LogP contribution in [0.2, 0.25) is 0 Å². The number of ether oxygens (including phenoxy) is 4. The van der Waals surface area contributed by atoms with Crippen LogP contribution in [0, 0.1) is 0 Å². The molecule has 0 bridgehead atoms. The van der Waals surface area contributed by atoms with Crippen molar-refractivity contribution in [2.45, 2.75) is 19.4 Å². The normalized spacial score (nSPS) is 16.9. The summed E-state index contributed by atoms with van der Waals surface area (Å²) in [6.45, 7) is 1.92. The number of hydrogen-bond donors (Lipinski definition) is 0. The standard InChI is InChI=1S/C20H21NO6/c1-12-7-18(17-6-5-14(23-2)11-19(17)26-12)21-27-20(22)13-8-15(24-3)10-16(9-13)25-4/h5-6,8-12H,7H2,1-4H3/b21-18+/t12-/m0/s1. The van der Waals surface area contributed by atoms with Gasteiger partial charge in [-0.25, -0.2) is 4.79 Å². The summed E-state index contributed by atoms with van der Waals surface area (Å²) in [5.41, 5.74) is 1.69. The van der Waals surface area contributed by atoms with E-state index in [9.17, 15) is 4.79 Å². The van der Waals surface area contributed by atoms with Gasteiger partial charge in [0.1, 0.15) is 29.1 Å². The number of fused-ring (bicyclic) bond motifs is 1. The fourth-order valence-electron chi connectivity index (χ4n) is 2.77. The summed E-state index contributed by atoms with van der Waals surface area (Å²) in [5.74, 6) is 1.71. The first-order chi connectivity index (χ1) is 13.0. The fraction of sp³-hybridized carbons (Fsp3) is 0.300. The molecule has 0 aromatic heterocycles. The van der Waals surface area contributed by atoms with Crippen LogP contribution >= 0.6 is 0 Å². The first kappa shape index (κ1) is 18.6. The average Bonchev–Trinajstić information content (AvgIpc) is 2.70. The smallest absolute Gasteiger partial charge is 0.366 e. The number of carbonyl (C=O) groups is 1. The van der Waals surface area contributed by atoms with Crippen molar-refractivity contribution in [3.05, 3.63) is 47.5 Å². The third-order valence-electron chi connectivity index (χ3n) is 4.13. The van der Waals surface area contributed by atoms with Crippen LogP contribution in [0.4, 0.5) is 0 Å². The van der Waals surface area contributed by atoms with Gasteiger partial charge in [0.15, 0.2) is 0 Å². The summed E-state index contributed by atoms with van der Waals surface area (Å²) in [5, 5.41) is 4.08. The van der Waals surface area contributed by atoms with E-state index < -0.39 is 5.97 Å². The molecular formula is C20H21NO6. The molecule has 1 heterocycles. The molecule has 0 saturated carbocycles. The Bertz CT molecular complexity index is 855. The highest BCUT2D eigenvalue weighted by Crippen LogP contribution is 2.32. The third kappa shape index (κ3) is 4.13. The molecule has 142 valence electrons. The molecule has 0 fully saturated rings. The number of benzene rings is 2. The van der Waals surface area contributed by atoms with Crippen LogP contribution in [0.1, 0.15) is 29.3 Å². The zero-order chi connectivity index (χ0) is 19.4. The summed E-state index contributed by atoms with van der Waals surface area (Å²) in [4.78, 5) is 17.6. The predicted octanol–water partition coefficient (Wildman–Crippen LogP) is 3.44. The highest BCUT2D eigenvalue weighted by atomic mass is 16.7. The molecule has 0 saturated heterocycles. The summed E-state index contributed by atoms with van der Waals surface area (Å²) < 4.78 is 21.4. The average molecular weight is 371 g/mol. The van der Waals surface area contributed by atoms with E-state index in [-0.39, 0.29) is 11.7 Å². The summed E-state index contributed by atoms with van der Waals surface area (Å²) in [6, 6.07) is 10.2. The molecule has 27 heavy (non-hydrogen) atoms. The van der Waals surface area contributed by atoms with Gasteiger partial charge in [0.2, 0.25) is 0 Å². The molecule has 1 aliphatic rings. The summed E-state index contributed by atoms with van der Waals surface area (Å²) in [6.07, 6.45) is 0.424. The van der Waals surface area contributed by atoms with Crippen LogP contribution in [0.3, 0.4) is 0 Å². The van der Waals surface area contributed by atoms with Crippen molar-refractivity contribution >= 4 is 11.7 Å². The van der Waals surface area contributed by atoms with Crippen molar-refractivity contribution in [2.75, 3.05) is 21.3 Å². The SMILES string of the molecule is COc1cc(OC)cc(C(=O)O/N=C2\C[C@H](C)Oc3cc(OC)ccc32)c1. The number of hydrogen-bond acceptors (Lipinski definition) is 7. The quantitative estimate of drug-likeness (QED) is 0.592. The van der Waals surface area contributed by atoms with Gasteiger partial charge in [0.25, 0.3) is 0 Å². The molecular weight excluding hydrogens is 350 g/mol. The Morgan fingerprint density at radius 3 is 2.30 bits per heavy atom. The van der Waals surface area contributed by atoms with Gasteiger partial charge in [-0.2, -0.15) is 0 Å². The molecule has 7 nitrogen and oxygen atoms in total. The monoisotopic (exact) mass is 371 g/mol. The molecule has 3 rings (SSSR count). The molecule has 1 aliphatic heterocycles.